The number of carbonyl (C=O) groups excluding carboxylic acids is 1. The number of rotatable bonds is 7. The van der Waals surface area contributed by atoms with Crippen molar-refractivity contribution in [2.24, 2.45) is 17.3 Å². The van der Waals surface area contributed by atoms with Crippen LogP contribution in [0.3, 0.4) is 0 Å². The lowest BCUT2D eigenvalue weighted by atomic mass is 10.1. The highest BCUT2D eigenvalue weighted by Crippen LogP contribution is 2.58. The Bertz CT molecular complexity index is 471. The van der Waals surface area contributed by atoms with Gasteiger partial charge in [-0.1, -0.05) is 20.8 Å². The number of carbonyl (C=O) groups is 2. The van der Waals surface area contributed by atoms with Gasteiger partial charge in [0.25, 0.3) is 0 Å². The molecule has 8 heteroatoms. The third-order valence-corrected chi connectivity index (χ3v) is 4.88. The van der Waals surface area contributed by atoms with Gasteiger partial charge in [0.15, 0.2) is 0 Å². The van der Waals surface area contributed by atoms with Crippen LogP contribution >= 0.6 is 0 Å². The fourth-order valence-corrected chi connectivity index (χ4v) is 3.25. The van der Waals surface area contributed by atoms with Gasteiger partial charge in [0, 0.05) is 13.1 Å². The third kappa shape index (κ3) is 3.66. The molecule has 0 unspecified atom stereocenters. The number of sulfonamides is 1. The Morgan fingerprint density at radius 3 is 2.26 bits per heavy atom. The average Bonchev–Trinajstić information content (AvgIpc) is 2.81. The van der Waals surface area contributed by atoms with Gasteiger partial charge in [-0.3, -0.25) is 9.59 Å². The smallest absolute Gasteiger partial charge is 0.307 e. The summed E-state index contributed by atoms with van der Waals surface area (Å²) in [6, 6.07) is 0. The standard InChI is InChI=1S/C11H20N2O5S/c1-4-13-19(17,18)6-5-12-9(14)7-8(10(15)16)11(7,2)3/h7-8,13H,4-6H2,1-3H3,(H,12,14)(H,15,16)/t7-,8+/m1/s1. The summed E-state index contributed by atoms with van der Waals surface area (Å²) in [5.74, 6) is -2.89. The zero-order valence-electron chi connectivity index (χ0n) is 11.3. The summed E-state index contributed by atoms with van der Waals surface area (Å²) in [6.45, 7) is 5.37. The Morgan fingerprint density at radius 2 is 1.84 bits per heavy atom. The van der Waals surface area contributed by atoms with Crippen LogP contribution in [0.2, 0.25) is 0 Å². The van der Waals surface area contributed by atoms with Gasteiger partial charge in [0.1, 0.15) is 0 Å². The van der Waals surface area contributed by atoms with E-state index in [0.717, 1.165) is 0 Å². The zero-order chi connectivity index (χ0) is 14.8. The molecule has 1 saturated carbocycles. The maximum atomic E-state index is 11.8. The predicted octanol–water partition coefficient (Wildman–Crippen LogP) is -0.601. The Morgan fingerprint density at radius 1 is 1.26 bits per heavy atom. The first-order chi connectivity index (χ1) is 8.63. The fourth-order valence-electron chi connectivity index (χ4n) is 2.30. The van der Waals surface area contributed by atoms with Crippen LogP contribution in [0, 0.1) is 17.3 Å². The highest BCUT2D eigenvalue weighted by atomic mass is 32.2. The molecule has 2 atom stereocenters. The number of nitrogens with one attached hydrogen (secondary N) is 2. The van der Waals surface area contributed by atoms with Gasteiger partial charge in [0.05, 0.1) is 17.6 Å². The number of aliphatic carboxylic acids is 1. The van der Waals surface area contributed by atoms with Gasteiger partial charge in [-0.25, -0.2) is 13.1 Å². The van der Waals surface area contributed by atoms with E-state index in [4.69, 9.17) is 5.11 Å². The second-order valence-electron chi connectivity index (χ2n) is 5.22. The molecule has 0 aromatic heterocycles. The molecule has 0 aromatic rings. The first-order valence-corrected chi connectivity index (χ1v) is 7.76. The molecule has 110 valence electrons. The van der Waals surface area contributed by atoms with E-state index in [2.05, 4.69) is 10.0 Å². The summed E-state index contributed by atoms with van der Waals surface area (Å²) in [4.78, 5) is 22.7. The Kier molecular flexibility index (Phi) is 4.57. The maximum Gasteiger partial charge on any atom is 0.307 e. The molecule has 0 aliphatic heterocycles. The van der Waals surface area contributed by atoms with Crippen molar-refractivity contribution in [3.05, 3.63) is 0 Å². The Hall–Kier alpha value is -1.15. The molecular formula is C11H20N2O5S. The lowest BCUT2D eigenvalue weighted by Gasteiger charge is -2.07. The van der Waals surface area contributed by atoms with Crippen LogP contribution in [0.25, 0.3) is 0 Å². The van der Waals surface area contributed by atoms with Gasteiger partial charge in [0.2, 0.25) is 15.9 Å². The lowest BCUT2D eigenvalue weighted by Crippen LogP contribution is -2.35. The first kappa shape index (κ1) is 15.9. The molecule has 19 heavy (non-hydrogen) atoms. The maximum absolute atomic E-state index is 11.8. The molecule has 1 amide bonds. The van der Waals surface area contributed by atoms with E-state index in [1.807, 2.05) is 0 Å². The van der Waals surface area contributed by atoms with E-state index < -0.39 is 39.2 Å². The predicted molar refractivity (Wildman–Crippen MR) is 68.9 cm³/mol. The van der Waals surface area contributed by atoms with Crippen molar-refractivity contribution < 1.29 is 23.1 Å². The highest BCUT2D eigenvalue weighted by Gasteiger charge is 2.65. The van der Waals surface area contributed by atoms with E-state index >= 15 is 0 Å². The summed E-state index contributed by atoms with van der Waals surface area (Å²) in [5.41, 5.74) is -0.573. The van der Waals surface area contributed by atoms with Crippen LogP contribution in [0.15, 0.2) is 0 Å². The van der Waals surface area contributed by atoms with Crippen LogP contribution in [0.1, 0.15) is 20.8 Å². The summed E-state index contributed by atoms with van der Waals surface area (Å²) < 4.78 is 25.0. The van der Waals surface area contributed by atoms with Crippen LogP contribution in [0.5, 0.6) is 0 Å². The number of amides is 1. The second kappa shape index (κ2) is 5.46. The minimum absolute atomic E-state index is 0.0207. The van der Waals surface area contributed by atoms with Crippen molar-refractivity contribution in [1.82, 2.24) is 10.0 Å². The van der Waals surface area contributed by atoms with Gasteiger partial charge < -0.3 is 10.4 Å². The minimum Gasteiger partial charge on any atom is -0.481 e. The van der Waals surface area contributed by atoms with E-state index in [1.165, 1.54) is 0 Å². The lowest BCUT2D eigenvalue weighted by molar-refractivity contribution is -0.140. The largest absolute Gasteiger partial charge is 0.481 e. The second-order valence-corrected chi connectivity index (χ2v) is 7.15. The van der Waals surface area contributed by atoms with Crippen LogP contribution in [-0.2, 0) is 19.6 Å². The number of carboxylic acids is 1. The van der Waals surface area contributed by atoms with Crippen molar-refractivity contribution >= 4 is 21.9 Å². The normalized spacial score (nSPS) is 24.8. The minimum atomic E-state index is -3.37. The molecule has 0 aromatic carbocycles. The summed E-state index contributed by atoms with van der Waals surface area (Å²) in [7, 11) is -3.37. The molecule has 3 N–H and O–H groups in total. The summed E-state index contributed by atoms with van der Waals surface area (Å²) in [5, 5.41) is 11.4. The zero-order valence-corrected chi connectivity index (χ0v) is 12.1. The molecule has 7 nitrogen and oxygen atoms in total. The van der Waals surface area contributed by atoms with Gasteiger partial charge in [-0.2, -0.15) is 0 Å². The molecule has 1 fully saturated rings. The molecular weight excluding hydrogens is 272 g/mol. The number of hydrogen-bond acceptors (Lipinski definition) is 4. The first-order valence-electron chi connectivity index (χ1n) is 6.11. The van der Waals surface area contributed by atoms with Crippen molar-refractivity contribution in [2.75, 3.05) is 18.8 Å². The van der Waals surface area contributed by atoms with Gasteiger partial charge >= 0.3 is 5.97 Å². The molecule has 0 radical (unpaired) electrons. The van der Waals surface area contributed by atoms with Crippen molar-refractivity contribution in [1.29, 1.82) is 0 Å². The molecule has 0 saturated heterocycles. The topological polar surface area (TPSA) is 113 Å². The highest BCUT2D eigenvalue weighted by molar-refractivity contribution is 7.89. The molecule has 0 heterocycles. The van der Waals surface area contributed by atoms with Gasteiger partial charge in [-0.05, 0) is 5.41 Å². The van der Waals surface area contributed by atoms with Crippen molar-refractivity contribution in [3.8, 4) is 0 Å². The van der Waals surface area contributed by atoms with Crippen LogP contribution < -0.4 is 10.0 Å². The molecule has 1 aliphatic carbocycles. The van der Waals surface area contributed by atoms with E-state index in [1.54, 1.807) is 20.8 Å². The van der Waals surface area contributed by atoms with E-state index in [-0.39, 0.29) is 12.3 Å². The molecule has 0 bridgehead atoms. The fraction of sp³-hybridized carbons (Fsp3) is 0.818. The number of carboxylic acid groups (broad SMARTS) is 1. The van der Waals surface area contributed by atoms with Crippen molar-refractivity contribution in [3.63, 3.8) is 0 Å². The molecule has 1 aliphatic rings. The quantitative estimate of drug-likeness (QED) is 0.580. The molecule has 1 rings (SSSR count). The van der Waals surface area contributed by atoms with E-state index in [9.17, 15) is 18.0 Å². The van der Waals surface area contributed by atoms with Crippen molar-refractivity contribution in [2.45, 2.75) is 20.8 Å². The Labute approximate surface area is 112 Å². The molecule has 0 spiro atoms. The summed E-state index contributed by atoms with van der Waals surface area (Å²) in [6.07, 6.45) is 0. The summed E-state index contributed by atoms with van der Waals surface area (Å²) >= 11 is 0. The Balaban J connectivity index is 2.44. The SMILES string of the molecule is CCNS(=O)(=O)CCNC(=O)[C@H]1[C@@H](C(=O)O)C1(C)C. The van der Waals surface area contributed by atoms with Gasteiger partial charge in [-0.15, -0.1) is 0 Å². The monoisotopic (exact) mass is 292 g/mol. The van der Waals surface area contributed by atoms with Crippen LogP contribution in [-0.4, -0.2) is 44.2 Å². The number of hydrogen-bond donors (Lipinski definition) is 3. The average molecular weight is 292 g/mol. The van der Waals surface area contributed by atoms with E-state index in [0.29, 0.717) is 6.54 Å². The third-order valence-electron chi connectivity index (χ3n) is 3.41. The van der Waals surface area contributed by atoms with Crippen LogP contribution in [0.4, 0.5) is 0 Å².